The maximum atomic E-state index is 14.8. The van der Waals surface area contributed by atoms with Crippen molar-refractivity contribution < 1.29 is 13.6 Å². The molecule has 2 aliphatic rings. The molecule has 0 bridgehead atoms. The Bertz CT molecular complexity index is 1550. The van der Waals surface area contributed by atoms with Gasteiger partial charge in [0.2, 0.25) is 5.91 Å². The molecule has 1 aliphatic heterocycles. The summed E-state index contributed by atoms with van der Waals surface area (Å²) in [6.45, 7) is 16.1. The Morgan fingerprint density at radius 3 is 2.57 bits per heavy atom. The number of halogens is 2. The van der Waals surface area contributed by atoms with E-state index < -0.39 is 14.1 Å². The zero-order chi connectivity index (χ0) is 33.8. The van der Waals surface area contributed by atoms with Gasteiger partial charge in [-0.1, -0.05) is 32.4 Å². The fourth-order valence-electron chi connectivity index (χ4n) is 5.37. The quantitative estimate of drug-likeness (QED) is 0.147. The lowest BCUT2D eigenvalue weighted by atomic mass is 9.84. The molecule has 2 aromatic heterocycles. The van der Waals surface area contributed by atoms with Crippen molar-refractivity contribution >= 4 is 54.8 Å². The maximum Gasteiger partial charge on any atom is 0.226 e. The van der Waals surface area contributed by atoms with E-state index in [2.05, 4.69) is 76.5 Å². The van der Waals surface area contributed by atoms with Crippen LogP contribution in [0.2, 0.25) is 23.2 Å². The van der Waals surface area contributed by atoms with Crippen LogP contribution in [0.3, 0.4) is 0 Å². The standard InChI is InChI=1S/C34H47ClFN7O2SSi/c1-34(2,3)47(5,6)45-26-17-23(18-26)22-46-33-30(21-29(40-41-33)27-19-24(35)7-8-28(27)36)38-25-9-11-37-31(20-25)39-32(44)10-12-43-15-13-42(4)14-16-43/h7-9,11,19-21,23,26H,10,12-18,22H2,1-6H3,(H2,37,38,39,40,44). The molecule has 0 spiro atoms. The molecule has 47 heavy (non-hydrogen) atoms. The van der Waals surface area contributed by atoms with Gasteiger partial charge in [-0.15, -0.1) is 22.0 Å². The minimum Gasteiger partial charge on any atom is -0.414 e. The molecule has 0 radical (unpaired) electrons. The van der Waals surface area contributed by atoms with Gasteiger partial charge in [0, 0.05) is 79.5 Å². The first-order valence-electron chi connectivity index (χ1n) is 16.3. The Morgan fingerprint density at radius 2 is 1.85 bits per heavy atom. The van der Waals surface area contributed by atoms with Crippen LogP contribution in [-0.2, 0) is 9.22 Å². The monoisotopic (exact) mass is 699 g/mol. The van der Waals surface area contributed by atoms with Gasteiger partial charge in [0.25, 0.3) is 0 Å². The van der Waals surface area contributed by atoms with Crippen LogP contribution in [0.1, 0.15) is 40.0 Å². The summed E-state index contributed by atoms with van der Waals surface area (Å²) >= 11 is 7.82. The van der Waals surface area contributed by atoms with Gasteiger partial charge in [0.05, 0.1) is 11.4 Å². The molecule has 9 nitrogen and oxygen atoms in total. The second-order valence-electron chi connectivity index (χ2n) is 14.2. The van der Waals surface area contributed by atoms with Gasteiger partial charge in [-0.2, -0.15) is 0 Å². The number of anilines is 3. The summed E-state index contributed by atoms with van der Waals surface area (Å²) in [5.74, 6) is 1.34. The fourth-order valence-corrected chi connectivity index (χ4v) is 7.95. The van der Waals surface area contributed by atoms with Crippen molar-refractivity contribution in [3.8, 4) is 11.3 Å². The minimum absolute atomic E-state index is 0.0783. The van der Waals surface area contributed by atoms with E-state index in [9.17, 15) is 9.18 Å². The van der Waals surface area contributed by atoms with Crippen LogP contribution in [0, 0.1) is 11.7 Å². The van der Waals surface area contributed by atoms with Gasteiger partial charge < -0.3 is 24.9 Å². The number of pyridine rings is 1. The summed E-state index contributed by atoms with van der Waals surface area (Å²) in [6, 6.07) is 9.80. The molecule has 13 heteroatoms. The van der Waals surface area contributed by atoms with Crippen LogP contribution >= 0.6 is 23.4 Å². The van der Waals surface area contributed by atoms with E-state index >= 15 is 0 Å². The van der Waals surface area contributed by atoms with E-state index in [0.29, 0.717) is 57.9 Å². The van der Waals surface area contributed by atoms with Crippen molar-refractivity contribution in [2.24, 2.45) is 5.92 Å². The van der Waals surface area contributed by atoms with Crippen LogP contribution in [0.4, 0.5) is 21.6 Å². The number of aromatic nitrogens is 3. The molecule has 2 fully saturated rings. The number of nitrogens with zero attached hydrogens (tertiary/aromatic N) is 5. The molecular formula is C34H47ClFN7O2SSi. The molecule has 0 unspecified atom stereocenters. The third kappa shape index (κ3) is 9.73. The normalized spacial score (nSPS) is 19.3. The van der Waals surface area contributed by atoms with Crippen molar-refractivity contribution in [3.05, 3.63) is 53.4 Å². The molecule has 1 aliphatic carbocycles. The van der Waals surface area contributed by atoms with Crippen molar-refractivity contribution in [3.63, 3.8) is 0 Å². The van der Waals surface area contributed by atoms with Gasteiger partial charge in [-0.3, -0.25) is 4.79 Å². The van der Waals surface area contributed by atoms with E-state index in [4.69, 9.17) is 16.0 Å². The molecule has 254 valence electrons. The van der Waals surface area contributed by atoms with E-state index in [1.807, 2.05) is 6.07 Å². The molecule has 3 aromatic rings. The predicted octanol–water partition coefficient (Wildman–Crippen LogP) is 7.54. The molecule has 1 aromatic carbocycles. The van der Waals surface area contributed by atoms with Crippen molar-refractivity contribution in [1.82, 2.24) is 25.0 Å². The van der Waals surface area contributed by atoms with Gasteiger partial charge in [-0.05, 0) is 74.3 Å². The molecule has 2 N–H and O–H groups in total. The van der Waals surface area contributed by atoms with E-state index in [1.165, 1.54) is 12.1 Å². The smallest absolute Gasteiger partial charge is 0.226 e. The summed E-state index contributed by atoms with van der Waals surface area (Å²) in [7, 11) is 0.319. The maximum absolute atomic E-state index is 14.8. The first kappa shape index (κ1) is 35.7. The van der Waals surface area contributed by atoms with Crippen LogP contribution in [0.25, 0.3) is 11.3 Å². The topological polar surface area (TPSA) is 95.5 Å². The predicted molar refractivity (Wildman–Crippen MR) is 193 cm³/mol. The largest absolute Gasteiger partial charge is 0.414 e. The highest BCUT2D eigenvalue weighted by Gasteiger charge is 2.42. The Hall–Kier alpha value is -2.61. The number of nitrogens with one attached hydrogen (secondary N) is 2. The highest BCUT2D eigenvalue weighted by atomic mass is 35.5. The third-order valence-corrected chi connectivity index (χ3v) is 15.4. The highest BCUT2D eigenvalue weighted by molar-refractivity contribution is 7.99. The van der Waals surface area contributed by atoms with E-state index in [0.717, 1.165) is 44.8 Å². The first-order valence-corrected chi connectivity index (χ1v) is 20.6. The summed E-state index contributed by atoms with van der Waals surface area (Å²) < 4.78 is 21.4. The Balaban J connectivity index is 1.26. The first-order chi connectivity index (χ1) is 22.3. The third-order valence-electron chi connectivity index (χ3n) is 9.44. The van der Waals surface area contributed by atoms with Gasteiger partial charge >= 0.3 is 0 Å². The Labute approximate surface area is 288 Å². The van der Waals surface area contributed by atoms with Crippen LogP contribution in [0.15, 0.2) is 47.6 Å². The summed E-state index contributed by atoms with van der Waals surface area (Å²) in [5, 5.41) is 16.6. The minimum atomic E-state index is -1.80. The molecular weight excluding hydrogens is 653 g/mol. The van der Waals surface area contributed by atoms with Gasteiger partial charge in [0.1, 0.15) is 16.7 Å². The lowest BCUT2D eigenvalue weighted by Gasteiger charge is -2.44. The van der Waals surface area contributed by atoms with Crippen molar-refractivity contribution in [2.75, 3.05) is 56.2 Å². The zero-order valence-corrected chi connectivity index (χ0v) is 30.8. The highest BCUT2D eigenvalue weighted by Crippen LogP contribution is 2.43. The molecule has 1 amide bonds. The number of likely N-dealkylation sites (N-methyl/N-ethyl adjacent to an activating group) is 1. The number of carbonyl (C=O) groups excluding carboxylic acids is 1. The summed E-state index contributed by atoms with van der Waals surface area (Å²) in [5.41, 5.74) is 2.05. The lowest BCUT2D eigenvalue weighted by molar-refractivity contribution is -0.116. The number of hydrogen-bond acceptors (Lipinski definition) is 9. The summed E-state index contributed by atoms with van der Waals surface area (Å²) in [6.07, 6.45) is 4.42. The number of amides is 1. The van der Waals surface area contributed by atoms with Gasteiger partial charge in [0.15, 0.2) is 8.32 Å². The molecule has 3 heterocycles. The van der Waals surface area contributed by atoms with E-state index in [-0.39, 0.29) is 16.5 Å². The van der Waals surface area contributed by atoms with Crippen LogP contribution in [0.5, 0.6) is 0 Å². The SMILES string of the molecule is CN1CCN(CCC(=O)Nc2cc(Nc3cc(-c4cc(Cl)ccc4F)nnc3SCC3CC(O[Si](C)(C)C(C)(C)C)C3)ccn2)CC1. The van der Waals surface area contributed by atoms with Gasteiger partial charge in [-0.25, -0.2) is 9.37 Å². The second-order valence-corrected chi connectivity index (χ2v) is 20.4. The number of rotatable bonds is 12. The van der Waals surface area contributed by atoms with Crippen LogP contribution in [-0.4, -0.2) is 90.8 Å². The second kappa shape index (κ2) is 15.3. The number of piperazine rings is 1. The molecule has 0 atom stereocenters. The number of thioether (sulfide) groups is 1. The van der Waals surface area contributed by atoms with Crippen molar-refractivity contribution in [1.29, 1.82) is 0 Å². The molecule has 1 saturated carbocycles. The Kier molecular flexibility index (Phi) is 11.6. The van der Waals surface area contributed by atoms with E-state index in [1.54, 1.807) is 36.2 Å². The summed E-state index contributed by atoms with van der Waals surface area (Å²) in [4.78, 5) is 21.7. The van der Waals surface area contributed by atoms with Crippen LogP contribution < -0.4 is 10.6 Å². The zero-order valence-electron chi connectivity index (χ0n) is 28.3. The average Bonchev–Trinajstić information content (AvgIpc) is 2.99. The average molecular weight is 700 g/mol. The fraction of sp³-hybridized carbons (Fsp3) is 0.529. The number of benzene rings is 1. The number of carbonyl (C=O) groups is 1. The number of hydrogen-bond donors (Lipinski definition) is 2. The molecule has 5 rings (SSSR count). The molecule has 1 saturated heterocycles. The lowest BCUT2D eigenvalue weighted by Crippen LogP contribution is -2.47. The van der Waals surface area contributed by atoms with Crippen molar-refractivity contribution in [2.45, 2.75) is 69.3 Å². The Morgan fingerprint density at radius 1 is 1.11 bits per heavy atom.